The first-order valence-corrected chi connectivity index (χ1v) is 17.6. The number of sulfone groups is 1. The molecule has 2 aliphatic rings. The van der Waals surface area contributed by atoms with Gasteiger partial charge in [0.15, 0.2) is 0 Å². The first kappa shape index (κ1) is 29.9. The van der Waals surface area contributed by atoms with Crippen molar-refractivity contribution in [2.45, 2.75) is 76.9 Å². The molecule has 0 radical (unpaired) electrons. The fourth-order valence-electron chi connectivity index (χ4n) is 6.14. The van der Waals surface area contributed by atoms with Crippen LogP contribution in [0.1, 0.15) is 49.6 Å². The Morgan fingerprint density at radius 3 is 2.51 bits per heavy atom. The highest BCUT2D eigenvalue weighted by atomic mass is 32.2. The van der Waals surface area contributed by atoms with Crippen molar-refractivity contribution in [2.24, 2.45) is 5.92 Å². The predicted octanol–water partition coefficient (Wildman–Crippen LogP) is 4.91. The minimum atomic E-state index is -3.33. The van der Waals surface area contributed by atoms with Crippen LogP contribution in [0, 0.1) is 19.8 Å². The van der Waals surface area contributed by atoms with E-state index in [2.05, 4.69) is 15.6 Å². The summed E-state index contributed by atoms with van der Waals surface area (Å²) in [5, 5.41) is 19.7. The van der Waals surface area contributed by atoms with Gasteiger partial charge in [-0.15, -0.1) is 11.3 Å². The van der Waals surface area contributed by atoms with Crippen LogP contribution in [0.2, 0.25) is 0 Å². The van der Waals surface area contributed by atoms with E-state index in [1.54, 1.807) is 24.5 Å². The molecule has 4 atom stereocenters. The van der Waals surface area contributed by atoms with Crippen LogP contribution < -0.4 is 10.6 Å². The predicted molar refractivity (Wildman–Crippen MR) is 170 cm³/mol. The normalized spacial score (nSPS) is 24.3. The van der Waals surface area contributed by atoms with Gasteiger partial charge in [0.05, 0.1) is 46.2 Å². The molecule has 3 heterocycles. The van der Waals surface area contributed by atoms with Gasteiger partial charge in [-0.25, -0.2) is 18.4 Å². The van der Waals surface area contributed by atoms with Gasteiger partial charge in [0, 0.05) is 24.4 Å². The van der Waals surface area contributed by atoms with Crippen LogP contribution in [0.3, 0.4) is 0 Å². The van der Waals surface area contributed by atoms with E-state index in [0.29, 0.717) is 24.2 Å². The summed E-state index contributed by atoms with van der Waals surface area (Å²) in [6, 6.07) is 11.4. The molecule has 0 saturated heterocycles. The lowest BCUT2D eigenvalue weighted by Crippen LogP contribution is -2.49. The highest BCUT2D eigenvalue weighted by molar-refractivity contribution is 7.90. The summed E-state index contributed by atoms with van der Waals surface area (Å²) in [5.74, 6) is 0.566. The number of benzene rings is 1. The van der Waals surface area contributed by atoms with Gasteiger partial charge in [0.1, 0.15) is 31.8 Å². The van der Waals surface area contributed by atoms with E-state index >= 15 is 0 Å². The number of nitrogens with zero attached hydrogens (tertiary/aromatic N) is 4. The Morgan fingerprint density at radius 1 is 1.07 bits per heavy atom. The number of nitrogens with one attached hydrogen (secondary N) is 2. The third-order valence-corrected chi connectivity index (χ3v) is 10.7. The second kappa shape index (κ2) is 11.7. The molecule has 0 spiro atoms. The average molecular weight is 623 g/mol. The van der Waals surface area contributed by atoms with Gasteiger partial charge in [-0.3, -0.25) is 4.98 Å². The lowest BCUT2D eigenvalue weighted by atomic mass is 9.93. The second-order valence-electron chi connectivity index (χ2n) is 12.1. The zero-order valence-corrected chi connectivity index (χ0v) is 26.5. The average Bonchev–Trinajstić information content (AvgIpc) is 3.43. The van der Waals surface area contributed by atoms with E-state index in [1.807, 2.05) is 50.2 Å². The van der Waals surface area contributed by atoms with E-state index in [1.165, 1.54) is 12.7 Å². The van der Waals surface area contributed by atoms with Crippen molar-refractivity contribution in [3.05, 3.63) is 59.5 Å². The Morgan fingerprint density at radius 2 is 1.84 bits per heavy atom. The molecular weight excluding hydrogens is 585 g/mol. The second-order valence-corrected chi connectivity index (χ2v) is 15.3. The molecule has 2 fully saturated rings. The molecular formula is C31H38N6O4S2. The number of pyridine rings is 1. The van der Waals surface area contributed by atoms with Crippen LogP contribution in [0.5, 0.6) is 0 Å². The third kappa shape index (κ3) is 6.38. The van der Waals surface area contributed by atoms with Crippen LogP contribution in [0.15, 0.2) is 42.6 Å². The number of aromatic nitrogens is 4. The van der Waals surface area contributed by atoms with Gasteiger partial charge >= 0.3 is 0 Å². The van der Waals surface area contributed by atoms with Crippen LogP contribution in [0.4, 0.5) is 11.8 Å². The van der Waals surface area contributed by atoms with Crippen molar-refractivity contribution >= 4 is 43.2 Å². The van der Waals surface area contributed by atoms with Gasteiger partial charge in [-0.05, 0) is 58.1 Å². The fraction of sp³-hybridized carbons (Fsp3) is 0.484. The number of rotatable bonds is 10. The summed E-state index contributed by atoms with van der Waals surface area (Å²) in [5.41, 5.74) is 2.75. The molecule has 10 nitrogen and oxygen atoms in total. The number of hydrogen-bond donors (Lipinski definition) is 3. The summed E-state index contributed by atoms with van der Waals surface area (Å²) >= 11 is 1.54. The number of aryl methyl sites for hydroxylation is 2. The fourth-order valence-corrected chi connectivity index (χ4v) is 8.34. The Bertz CT molecular complexity index is 1720. The van der Waals surface area contributed by atoms with E-state index in [4.69, 9.17) is 19.7 Å². The zero-order valence-electron chi connectivity index (χ0n) is 24.9. The van der Waals surface area contributed by atoms with Crippen LogP contribution in [-0.2, 0) is 21.2 Å². The Labute approximate surface area is 256 Å². The number of hydrogen-bond acceptors (Lipinski definition) is 11. The molecule has 228 valence electrons. The third-order valence-electron chi connectivity index (χ3n) is 8.58. The zero-order chi connectivity index (χ0) is 30.4. The highest BCUT2D eigenvalue weighted by Crippen LogP contribution is 2.43. The Hall–Kier alpha value is -3.19. The molecule has 6 rings (SSSR count). The Kier molecular flexibility index (Phi) is 8.14. The molecule has 2 aliphatic carbocycles. The lowest BCUT2D eigenvalue weighted by molar-refractivity contribution is -0.102. The molecule has 0 amide bonds. The van der Waals surface area contributed by atoms with Gasteiger partial charge in [-0.2, -0.15) is 4.98 Å². The lowest BCUT2D eigenvalue weighted by Gasteiger charge is -2.33. The molecule has 2 saturated carbocycles. The van der Waals surface area contributed by atoms with Gasteiger partial charge < -0.3 is 20.5 Å². The monoisotopic (exact) mass is 622 g/mol. The molecule has 1 aromatic carbocycles. The summed E-state index contributed by atoms with van der Waals surface area (Å²) in [6.45, 7) is 5.86. The van der Waals surface area contributed by atoms with Gasteiger partial charge in [0.2, 0.25) is 5.95 Å². The number of ether oxygens (including phenoxy) is 1. The van der Waals surface area contributed by atoms with Crippen molar-refractivity contribution < 1.29 is 18.3 Å². The van der Waals surface area contributed by atoms with Crippen molar-refractivity contribution in [1.29, 1.82) is 0 Å². The summed E-state index contributed by atoms with van der Waals surface area (Å²) in [7, 11) is -3.33. The molecule has 0 bridgehead atoms. The van der Waals surface area contributed by atoms with Gasteiger partial charge in [-0.1, -0.05) is 30.3 Å². The van der Waals surface area contributed by atoms with E-state index in [0.717, 1.165) is 50.6 Å². The molecule has 43 heavy (non-hydrogen) atoms. The van der Waals surface area contributed by atoms with E-state index < -0.39 is 33.5 Å². The number of anilines is 2. The first-order chi connectivity index (χ1) is 20.5. The SMILES string of the molecule is Cc1nc(NC2CCC2)nc(N[C@@H]2C[C@H](CS(C)(=O)=O)[C@@H](OCc3ccccc3)[C@@]2(C)O)c1-c1nc2c(C)nccc2s1. The van der Waals surface area contributed by atoms with Gasteiger partial charge in [0.25, 0.3) is 0 Å². The first-order valence-electron chi connectivity index (χ1n) is 14.7. The molecule has 0 aliphatic heterocycles. The van der Waals surface area contributed by atoms with Crippen molar-refractivity contribution in [3.63, 3.8) is 0 Å². The summed E-state index contributed by atoms with van der Waals surface area (Å²) in [6.07, 6.45) is 6.00. The van der Waals surface area contributed by atoms with Crippen LogP contribution in [0.25, 0.3) is 20.8 Å². The standard InChI is InChI=1S/C31H38N6O4S2/c1-18-25(29-36-26-19(2)32-14-13-23(26)42-29)28(37-30(33-18)34-22-11-8-12-22)35-24-15-21(17-43(4,39)40)27(31(24,3)38)41-16-20-9-6-5-7-10-20/h5-7,9-10,13-14,21-22,24,27,38H,8,11-12,15-17H2,1-4H3,(H2,33,34,35,37)/t21-,24-,27-,31+/m1/s1. The van der Waals surface area contributed by atoms with E-state index in [-0.39, 0.29) is 12.4 Å². The maximum atomic E-state index is 12.5. The molecule has 3 N–H and O–H groups in total. The smallest absolute Gasteiger partial charge is 0.225 e. The maximum Gasteiger partial charge on any atom is 0.225 e. The van der Waals surface area contributed by atoms with E-state index in [9.17, 15) is 13.5 Å². The summed E-state index contributed by atoms with van der Waals surface area (Å²) in [4.78, 5) is 19.0. The number of fused-ring (bicyclic) bond motifs is 1. The molecule has 4 aromatic rings. The highest BCUT2D eigenvalue weighted by Gasteiger charge is 2.53. The van der Waals surface area contributed by atoms with Crippen LogP contribution in [-0.4, -0.2) is 69.3 Å². The molecule has 0 unspecified atom stereocenters. The van der Waals surface area contributed by atoms with Crippen LogP contribution >= 0.6 is 11.3 Å². The number of aliphatic hydroxyl groups is 1. The molecule has 12 heteroatoms. The quantitative estimate of drug-likeness (QED) is 0.224. The minimum Gasteiger partial charge on any atom is -0.385 e. The minimum absolute atomic E-state index is 0.0882. The van der Waals surface area contributed by atoms with Crippen molar-refractivity contribution in [2.75, 3.05) is 22.6 Å². The summed E-state index contributed by atoms with van der Waals surface area (Å²) < 4.78 is 32.2. The largest absolute Gasteiger partial charge is 0.385 e. The number of thiazole rings is 1. The topological polar surface area (TPSA) is 139 Å². The Balaban J connectivity index is 1.37. The van der Waals surface area contributed by atoms with Crippen molar-refractivity contribution in [1.82, 2.24) is 19.9 Å². The van der Waals surface area contributed by atoms with Crippen molar-refractivity contribution in [3.8, 4) is 10.6 Å². The maximum absolute atomic E-state index is 12.5. The molecule has 3 aromatic heterocycles.